The smallest absolute Gasteiger partial charge is 0.336 e. The van der Waals surface area contributed by atoms with Gasteiger partial charge in [-0.25, -0.2) is 14.4 Å². The molecule has 0 atom stereocenters. The molecule has 3 aromatic carbocycles. The highest BCUT2D eigenvalue weighted by Gasteiger charge is 2.08. The van der Waals surface area contributed by atoms with Crippen molar-refractivity contribution in [2.75, 3.05) is 26.4 Å². The van der Waals surface area contributed by atoms with Crippen molar-refractivity contribution in [3.05, 3.63) is 121 Å². The van der Waals surface area contributed by atoms with Crippen LogP contribution in [-0.2, 0) is 28.7 Å². The minimum atomic E-state index is -0.528. The van der Waals surface area contributed by atoms with Gasteiger partial charge in [-0.2, -0.15) is 0 Å². The lowest BCUT2D eigenvalue weighted by atomic mass is 10.2. The average Bonchev–Trinajstić information content (AvgIpc) is 3.11. The van der Waals surface area contributed by atoms with E-state index in [2.05, 4.69) is 13.2 Å². The summed E-state index contributed by atoms with van der Waals surface area (Å²) < 4.78 is 26.7. The van der Waals surface area contributed by atoms with Crippen LogP contribution < -0.4 is 14.2 Å². The monoisotopic (exact) mass is 684 g/mol. The summed E-state index contributed by atoms with van der Waals surface area (Å²) in [5.41, 5.74) is 2.46. The van der Waals surface area contributed by atoms with E-state index in [0.29, 0.717) is 56.5 Å². The van der Waals surface area contributed by atoms with E-state index in [9.17, 15) is 19.2 Å². The number of carbonyl (C=O) groups is 4. The number of aryl methyl sites for hydroxylation is 1. The first-order valence-corrected chi connectivity index (χ1v) is 16.5. The van der Waals surface area contributed by atoms with Gasteiger partial charge in [0, 0.05) is 23.1 Å². The van der Waals surface area contributed by atoms with Crippen LogP contribution in [0.25, 0.3) is 12.2 Å². The first-order chi connectivity index (χ1) is 23.7. The first kappa shape index (κ1) is 38.1. The molecule has 0 heterocycles. The van der Waals surface area contributed by atoms with Crippen LogP contribution in [0.2, 0.25) is 0 Å². The van der Waals surface area contributed by atoms with Gasteiger partial charge in [0.05, 0.1) is 26.4 Å². The second-order valence-electron chi connectivity index (χ2n) is 10.4. The van der Waals surface area contributed by atoms with Crippen molar-refractivity contribution >= 4 is 46.9 Å². The van der Waals surface area contributed by atoms with E-state index in [0.717, 1.165) is 58.3 Å². The molecule has 0 bridgehead atoms. The predicted molar refractivity (Wildman–Crippen MR) is 190 cm³/mol. The van der Waals surface area contributed by atoms with Crippen molar-refractivity contribution < 1.29 is 42.9 Å². The molecule has 0 radical (unpaired) electrons. The Morgan fingerprint density at radius 1 is 0.612 bits per heavy atom. The van der Waals surface area contributed by atoms with E-state index in [4.69, 9.17) is 23.7 Å². The molecule has 0 amide bonds. The van der Waals surface area contributed by atoms with Crippen LogP contribution in [0.3, 0.4) is 0 Å². The van der Waals surface area contributed by atoms with Gasteiger partial charge in [0.15, 0.2) is 0 Å². The first-order valence-electron chi connectivity index (χ1n) is 15.7. The maximum absolute atomic E-state index is 12.6. The number of rotatable bonds is 20. The maximum atomic E-state index is 12.6. The lowest BCUT2D eigenvalue weighted by molar-refractivity contribution is -0.138. The minimum Gasteiger partial charge on any atom is -0.494 e. The summed E-state index contributed by atoms with van der Waals surface area (Å²) in [6.07, 6.45) is 11.4. The lowest BCUT2D eigenvalue weighted by Gasteiger charge is -2.07. The summed E-state index contributed by atoms with van der Waals surface area (Å²) in [6, 6.07) is 19.8. The van der Waals surface area contributed by atoms with Crippen molar-refractivity contribution in [3.63, 3.8) is 0 Å². The highest BCUT2D eigenvalue weighted by molar-refractivity contribution is 8.14. The normalized spacial score (nSPS) is 10.8. The summed E-state index contributed by atoms with van der Waals surface area (Å²) in [4.78, 5) is 47.8. The second-order valence-corrected chi connectivity index (χ2v) is 11.5. The molecule has 3 aromatic rings. The third-order valence-corrected chi connectivity index (χ3v) is 7.61. The number of ether oxygens (including phenoxy) is 5. The molecule has 10 heteroatoms. The molecule has 49 heavy (non-hydrogen) atoms. The van der Waals surface area contributed by atoms with E-state index in [-0.39, 0.29) is 5.12 Å². The molecular formula is C39H40O9S. The molecule has 0 N–H and O–H groups in total. The third kappa shape index (κ3) is 15.4. The molecule has 3 rings (SSSR count). The molecule has 0 aliphatic rings. The Morgan fingerprint density at radius 3 is 1.57 bits per heavy atom. The number of hydrogen-bond acceptors (Lipinski definition) is 10. The van der Waals surface area contributed by atoms with E-state index >= 15 is 0 Å². The van der Waals surface area contributed by atoms with Crippen molar-refractivity contribution in [1.82, 2.24) is 0 Å². The number of benzene rings is 3. The van der Waals surface area contributed by atoms with Gasteiger partial charge in [-0.15, -0.1) is 0 Å². The van der Waals surface area contributed by atoms with Gasteiger partial charge < -0.3 is 23.7 Å². The predicted octanol–water partition coefficient (Wildman–Crippen LogP) is 7.72. The highest BCUT2D eigenvalue weighted by Crippen LogP contribution is 2.27. The molecule has 0 aromatic heterocycles. The summed E-state index contributed by atoms with van der Waals surface area (Å²) in [5.74, 6) is 0.391. The Hall–Kier alpha value is -5.35. The second kappa shape index (κ2) is 21.5. The van der Waals surface area contributed by atoms with Crippen molar-refractivity contribution in [2.24, 2.45) is 0 Å². The summed E-state index contributed by atoms with van der Waals surface area (Å²) in [6.45, 7) is 10.2. The minimum absolute atomic E-state index is 0.142. The standard InChI is InChI=1S/C39H40O9S/c1-4-36(40)46-26-8-6-24-44-32-16-10-30(11-17-32)14-22-38(42)48-34-20-21-35(29(3)28-34)49-39(43)23-15-31-12-18-33(19-13-31)45-25-7-9-27-47-37(41)5-2/h4-5,10-23,28H,1-2,6-9,24-27H2,3H3/b22-14+,23-15+. The fourth-order valence-corrected chi connectivity index (χ4v) is 4.73. The third-order valence-electron chi connectivity index (χ3n) is 6.60. The lowest BCUT2D eigenvalue weighted by Crippen LogP contribution is -2.04. The van der Waals surface area contributed by atoms with Crippen LogP contribution in [0.1, 0.15) is 42.4 Å². The van der Waals surface area contributed by atoms with Gasteiger partial charge in [-0.1, -0.05) is 43.5 Å². The SMILES string of the molecule is C=CC(=O)OCCCCOc1ccc(/C=C/C(=O)Oc2ccc(SC(=O)/C=C/c3ccc(OCCCCOC(=O)C=C)cc3)c(C)c2)cc1. The number of thioether (sulfide) groups is 1. The van der Waals surface area contributed by atoms with Crippen LogP contribution in [0.5, 0.6) is 17.2 Å². The van der Waals surface area contributed by atoms with Crippen LogP contribution in [0, 0.1) is 6.92 Å². The Morgan fingerprint density at radius 2 is 1.08 bits per heavy atom. The molecular weight excluding hydrogens is 644 g/mol. The zero-order chi connectivity index (χ0) is 35.3. The van der Waals surface area contributed by atoms with Gasteiger partial charge in [-0.3, -0.25) is 4.79 Å². The van der Waals surface area contributed by atoms with Gasteiger partial charge in [0.25, 0.3) is 0 Å². The molecule has 9 nitrogen and oxygen atoms in total. The molecule has 0 aliphatic carbocycles. The largest absolute Gasteiger partial charge is 0.494 e. The molecule has 0 saturated carbocycles. The van der Waals surface area contributed by atoms with E-state index in [1.54, 1.807) is 30.4 Å². The molecule has 0 fully saturated rings. The van der Waals surface area contributed by atoms with Crippen LogP contribution in [0.4, 0.5) is 0 Å². The van der Waals surface area contributed by atoms with Crippen molar-refractivity contribution in [1.29, 1.82) is 0 Å². The van der Waals surface area contributed by atoms with Crippen molar-refractivity contribution in [3.8, 4) is 17.2 Å². The zero-order valence-corrected chi connectivity index (χ0v) is 28.3. The topological polar surface area (TPSA) is 114 Å². The maximum Gasteiger partial charge on any atom is 0.336 e. The van der Waals surface area contributed by atoms with Crippen LogP contribution in [0.15, 0.2) is 109 Å². The fourth-order valence-electron chi connectivity index (χ4n) is 4.02. The molecule has 0 aliphatic heterocycles. The average molecular weight is 685 g/mol. The summed E-state index contributed by atoms with van der Waals surface area (Å²) in [5, 5.41) is -0.142. The molecule has 0 saturated heterocycles. The quantitative estimate of drug-likeness (QED) is 0.0385. The van der Waals surface area contributed by atoms with E-state index in [1.807, 2.05) is 55.5 Å². The Balaban J connectivity index is 1.37. The molecule has 0 spiro atoms. The van der Waals surface area contributed by atoms with Gasteiger partial charge in [0.1, 0.15) is 17.2 Å². The van der Waals surface area contributed by atoms with Gasteiger partial charge >= 0.3 is 17.9 Å². The van der Waals surface area contributed by atoms with Crippen LogP contribution >= 0.6 is 11.8 Å². The molecule has 0 unspecified atom stereocenters. The number of esters is 3. The zero-order valence-electron chi connectivity index (χ0n) is 27.5. The Labute approximate surface area is 291 Å². The number of unbranched alkanes of at least 4 members (excludes halogenated alkanes) is 2. The van der Waals surface area contributed by atoms with Gasteiger partial charge in [-0.05, 0) is 116 Å². The fraction of sp³-hybridized carbons (Fsp3) is 0.231. The highest BCUT2D eigenvalue weighted by atomic mass is 32.2. The number of hydrogen-bond donors (Lipinski definition) is 0. The Bertz CT molecular complexity index is 1620. The van der Waals surface area contributed by atoms with Crippen molar-refractivity contribution in [2.45, 2.75) is 37.5 Å². The molecule has 256 valence electrons. The number of carbonyl (C=O) groups excluding carboxylic acids is 4. The van der Waals surface area contributed by atoms with Gasteiger partial charge in [0.2, 0.25) is 5.12 Å². The summed E-state index contributed by atoms with van der Waals surface area (Å²) in [7, 11) is 0. The van der Waals surface area contributed by atoms with E-state index < -0.39 is 17.9 Å². The Kier molecular flexibility index (Phi) is 16.7. The van der Waals surface area contributed by atoms with Crippen LogP contribution in [-0.4, -0.2) is 49.5 Å². The van der Waals surface area contributed by atoms with E-state index in [1.165, 1.54) is 12.2 Å². The summed E-state index contributed by atoms with van der Waals surface area (Å²) >= 11 is 1.09.